The fraction of sp³-hybridized carbons (Fsp3) is 0.333. The van der Waals surface area contributed by atoms with Crippen LogP contribution in [0.25, 0.3) is 0 Å². The van der Waals surface area contributed by atoms with Crippen LogP contribution in [0.15, 0.2) is 60.2 Å². The second kappa shape index (κ2) is 8.28. The van der Waals surface area contributed by atoms with Crippen molar-refractivity contribution < 1.29 is 24.3 Å². The van der Waals surface area contributed by atoms with Crippen molar-refractivity contribution in [3.63, 3.8) is 0 Å². The van der Waals surface area contributed by atoms with E-state index in [2.05, 4.69) is 22.6 Å². The Morgan fingerprint density at radius 2 is 1.57 bits per heavy atom. The van der Waals surface area contributed by atoms with Crippen molar-refractivity contribution in [2.24, 2.45) is 17.8 Å². The molecule has 0 unspecified atom stereocenters. The third-order valence-electron chi connectivity index (χ3n) is 8.33. The number of amides is 4. The van der Waals surface area contributed by atoms with E-state index in [1.54, 1.807) is 24.3 Å². The normalized spacial score (nSPS) is 34.9. The number of hydrogen-bond donors (Lipinski definition) is 1. The molecule has 0 radical (unpaired) electrons. The molecule has 0 bridgehead atoms. The maximum absolute atomic E-state index is 13.9. The van der Waals surface area contributed by atoms with Gasteiger partial charge in [0.05, 0.1) is 17.5 Å². The minimum absolute atomic E-state index is 0.0326. The van der Waals surface area contributed by atoms with Gasteiger partial charge in [0, 0.05) is 16.5 Å². The molecule has 2 aliphatic heterocycles. The van der Waals surface area contributed by atoms with Gasteiger partial charge in [0.15, 0.2) is 9.75 Å². The molecule has 37 heavy (non-hydrogen) atoms. The zero-order valence-corrected chi connectivity index (χ0v) is 23.2. The summed E-state index contributed by atoms with van der Waals surface area (Å²) in [6.45, 7) is 0. The monoisotopic (exact) mass is 650 g/mol. The SMILES string of the molecule is CN1C(=O)[C@]2(Cl)C[C@@H]3C(=CC[C@@H]4C(=O)N(c5ccc(I)cc5)C(=O)[C@@H]43)[C@H](c3ccc(O)cc3)[C@]2(Cl)C1=O. The number of halogens is 3. The second-order valence-electron chi connectivity index (χ2n) is 10.1. The highest BCUT2D eigenvalue weighted by Crippen LogP contribution is 2.65. The van der Waals surface area contributed by atoms with Crippen LogP contribution >= 0.6 is 45.8 Å². The van der Waals surface area contributed by atoms with E-state index in [-0.39, 0.29) is 24.0 Å². The van der Waals surface area contributed by atoms with Gasteiger partial charge in [-0.2, -0.15) is 0 Å². The number of nitrogens with zero attached hydrogens (tertiary/aromatic N) is 2. The first kappa shape index (κ1) is 24.9. The quantitative estimate of drug-likeness (QED) is 0.228. The summed E-state index contributed by atoms with van der Waals surface area (Å²) in [5.41, 5.74) is 1.81. The molecule has 1 saturated carbocycles. The van der Waals surface area contributed by atoms with E-state index in [1.165, 1.54) is 24.1 Å². The predicted molar refractivity (Wildman–Crippen MR) is 145 cm³/mol. The number of imide groups is 2. The number of anilines is 1. The maximum Gasteiger partial charge on any atom is 0.253 e. The molecule has 2 saturated heterocycles. The molecule has 2 aliphatic carbocycles. The van der Waals surface area contributed by atoms with Gasteiger partial charge in [-0.3, -0.25) is 29.0 Å². The molecule has 1 N–H and O–H groups in total. The molecular formula is C27H21Cl2IN2O5. The topological polar surface area (TPSA) is 95.0 Å². The Labute approximate surface area is 236 Å². The van der Waals surface area contributed by atoms with Gasteiger partial charge in [-0.15, -0.1) is 23.2 Å². The molecule has 7 nitrogen and oxygen atoms in total. The third-order valence-corrected chi connectivity index (χ3v) is 10.5. The van der Waals surface area contributed by atoms with Crippen LogP contribution in [0.3, 0.4) is 0 Å². The summed E-state index contributed by atoms with van der Waals surface area (Å²) < 4.78 is 0.974. The lowest BCUT2D eigenvalue weighted by Gasteiger charge is -2.50. The van der Waals surface area contributed by atoms with E-state index in [0.29, 0.717) is 17.7 Å². The van der Waals surface area contributed by atoms with Crippen LogP contribution in [0.5, 0.6) is 5.75 Å². The summed E-state index contributed by atoms with van der Waals surface area (Å²) in [4.78, 5) is 52.8. The number of phenols is 1. The Balaban J connectivity index is 1.50. The van der Waals surface area contributed by atoms with Gasteiger partial charge in [-0.25, -0.2) is 0 Å². The lowest BCUT2D eigenvalue weighted by Crippen LogP contribution is -2.60. The Kier molecular flexibility index (Phi) is 5.57. The number of phenolic OH excluding ortho intramolecular Hbond substituents is 1. The van der Waals surface area contributed by atoms with Crippen molar-refractivity contribution in [3.8, 4) is 5.75 Å². The van der Waals surface area contributed by atoms with Gasteiger partial charge in [0.25, 0.3) is 11.8 Å². The summed E-state index contributed by atoms with van der Waals surface area (Å²) in [5, 5.41) is 9.88. The van der Waals surface area contributed by atoms with Crippen LogP contribution in [-0.4, -0.2) is 50.4 Å². The molecule has 2 aromatic carbocycles. The first-order chi connectivity index (χ1) is 17.5. The van der Waals surface area contributed by atoms with E-state index < -0.39 is 45.2 Å². The first-order valence-electron chi connectivity index (χ1n) is 11.8. The maximum atomic E-state index is 13.9. The molecule has 190 valence electrons. The summed E-state index contributed by atoms with van der Waals surface area (Å²) in [6, 6.07) is 13.4. The smallest absolute Gasteiger partial charge is 0.253 e. The first-order valence-corrected chi connectivity index (χ1v) is 13.7. The standard InChI is InChI=1S/C27H21Cl2IN2O5/c1-31-24(36)26(28)12-19-17(21(27(26,29)25(31)37)13-2-8-16(33)9-3-13)10-11-18-20(19)23(35)32(22(18)34)15-6-4-14(30)5-7-15/h2-10,18-21,33H,11-12H2,1H3/t18-,19+,20-,21-,26+,27-/m0/s1. The molecular weight excluding hydrogens is 630 g/mol. The van der Waals surface area contributed by atoms with E-state index in [1.807, 2.05) is 18.2 Å². The predicted octanol–water partition coefficient (Wildman–Crippen LogP) is 4.19. The average molecular weight is 651 g/mol. The molecule has 10 heteroatoms. The summed E-state index contributed by atoms with van der Waals surface area (Å²) >= 11 is 16.4. The molecule has 2 aromatic rings. The van der Waals surface area contributed by atoms with Crippen LogP contribution in [0.4, 0.5) is 5.69 Å². The van der Waals surface area contributed by atoms with Crippen LogP contribution in [0.1, 0.15) is 24.3 Å². The number of alkyl halides is 2. The molecule has 4 amide bonds. The summed E-state index contributed by atoms with van der Waals surface area (Å²) in [5.74, 6) is -4.57. The van der Waals surface area contributed by atoms with Crippen molar-refractivity contribution in [2.45, 2.75) is 28.5 Å². The van der Waals surface area contributed by atoms with Crippen molar-refractivity contribution in [1.82, 2.24) is 4.90 Å². The van der Waals surface area contributed by atoms with Crippen LogP contribution in [0, 0.1) is 21.3 Å². The Bertz CT molecular complexity index is 1410. The number of hydrogen-bond acceptors (Lipinski definition) is 5. The van der Waals surface area contributed by atoms with E-state index in [4.69, 9.17) is 23.2 Å². The molecule has 0 aromatic heterocycles. The minimum atomic E-state index is -1.83. The number of allylic oxidation sites excluding steroid dienone is 2. The third kappa shape index (κ3) is 3.18. The number of carbonyl (C=O) groups is 4. The number of aromatic hydroxyl groups is 1. The molecule has 6 rings (SSSR count). The van der Waals surface area contributed by atoms with Gasteiger partial charge in [0.1, 0.15) is 5.75 Å². The highest BCUT2D eigenvalue weighted by atomic mass is 127. The van der Waals surface area contributed by atoms with Gasteiger partial charge in [-0.05, 0) is 83.3 Å². The minimum Gasteiger partial charge on any atom is -0.508 e. The number of benzene rings is 2. The zero-order valence-electron chi connectivity index (χ0n) is 19.5. The van der Waals surface area contributed by atoms with Crippen LogP contribution < -0.4 is 4.90 Å². The van der Waals surface area contributed by atoms with E-state index in [9.17, 15) is 24.3 Å². The van der Waals surface area contributed by atoms with Crippen molar-refractivity contribution >= 4 is 75.1 Å². The molecule has 6 atom stereocenters. The number of carbonyl (C=O) groups excluding carboxylic acids is 4. The lowest BCUT2D eigenvalue weighted by atomic mass is 9.56. The largest absolute Gasteiger partial charge is 0.508 e. The summed E-state index contributed by atoms with van der Waals surface area (Å²) in [7, 11) is 1.36. The molecule has 4 aliphatic rings. The Morgan fingerprint density at radius 3 is 2.22 bits per heavy atom. The highest BCUT2D eigenvalue weighted by Gasteiger charge is 2.75. The van der Waals surface area contributed by atoms with Crippen LogP contribution in [0.2, 0.25) is 0 Å². The lowest BCUT2D eigenvalue weighted by molar-refractivity contribution is -0.138. The molecule has 0 spiro atoms. The summed E-state index contributed by atoms with van der Waals surface area (Å²) in [6.07, 6.45) is 2.15. The highest BCUT2D eigenvalue weighted by molar-refractivity contribution is 14.1. The van der Waals surface area contributed by atoms with E-state index in [0.717, 1.165) is 14.0 Å². The number of fused-ring (bicyclic) bond motifs is 4. The second-order valence-corrected chi connectivity index (χ2v) is 12.6. The average Bonchev–Trinajstić information content (AvgIpc) is 3.20. The fourth-order valence-corrected chi connectivity index (χ4v) is 8.01. The zero-order chi connectivity index (χ0) is 26.4. The number of rotatable bonds is 2. The van der Waals surface area contributed by atoms with Gasteiger partial charge in [-0.1, -0.05) is 23.8 Å². The van der Waals surface area contributed by atoms with Crippen molar-refractivity contribution in [2.75, 3.05) is 11.9 Å². The fourth-order valence-electron chi connectivity index (χ4n) is 6.63. The molecule has 2 heterocycles. The van der Waals surface area contributed by atoms with Gasteiger partial charge >= 0.3 is 0 Å². The van der Waals surface area contributed by atoms with Crippen LogP contribution in [-0.2, 0) is 19.2 Å². The Hall–Kier alpha value is -2.43. The van der Waals surface area contributed by atoms with Gasteiger partial charge < -0.3 is 5.11 Å². The molecule has 3 fully saturated rings. The Morgan fingerprint density at radius 1 is 0.919 bits per heavy atom. The number of likely N-dealkylation sites (tertiary alicyclic amines) is 1. The van der Waals surface area contributed by atoms with Gasteiger partial charge in [0.2, 0.25) is 11.8 Å². The van der Waals surface area contributed by atoms with Crippen molar-refractivity contribution in [3.05, 3.63) is 69.3 Å². The van der Waals surface area contributed by atoms with Crippen molar-refractivity contribution in [1.29, 1.82) is 0 Å². The van der Waals surface area contributed by atoms with E-state index >= 15 is 0 Å².